The second-order valence-corrected chi connectivity index (χ2v) is 4.48. The van der Waals surface area contributed by atoms with Crippen LogP contribution in [0.2, 0.25) is 0 Å². The largest absolute Gasteiger partial charge is 0.350 e. The first-order valence-corrected chi connectivity index (χ1v) is 5.91. The van der Waals surface area contributed by atoms with E-state index < -0.39 is 0 Å². The van der Waals surface area contributed by atoms with E-state index in [4.69, 9.17) is 5.73 Å². The minimum Gasteiger partial charge on any atom is -0.350 e. The third-order valence-corrected chi connectivity index (χ3v) is 3.09. The van der Waals surface area contributed by atoms with Crippen molar-refractivity contribution in [1.29, 1.82) is 0 Å². The SMILES string of the molecule is CCCC(N)C(=O)NC1CNCCC1C. The van der Waals surface area contributed by atoms with Crippen molar-refractivity contribution < 1.29 is 4.79 Å². The molecule has 3 atom stereocenters. The summed E-state index contributed by atoms with van der Waals surface area (Å²) in [6.45, 7) is 6.13. The summed E-state index contributed by atoms with van der Waals surface area (Å²) < 4.78 is 0. The number of amides is 1. The van der Waals surface area contributed by atoms with E-state index in [1.165, 1.54) is 0 Å². The fourth-order valence-corrected chi connectivity index (χ4v) is 1.91. The lowest BCUT2D eigenvalue weighted by Gasteiger charge is -2.31. The first-order valence-electron chi connectivity index (χ1n) is 5.91. The van der Waals surface area contributed by atoms with Crippen molar-refractivity contribution in [2.24, 2.45) is 11.7 Å². The van der Waals surface area contributed by atoms with Crippen molar-refractivity contribution in [3.8, 4) is 0 Å². The normalized spacial score (nSPS) is 28.5. The predicted octanol–water partition coefficient (Wildman–Crippen LogP) is 0.228. The Morgan fingerprint density at radius 1 is 1.67 bits per heavy atom. The Bertz CT molecular complexity index is 208. The monoisotopic (exact) mass is 213 g/mol. The van der Waals surface area contributed by atoms with Crippen molar-refractivity contribution >= 4 is 5.91 Å². The van der Waals surface area contributed by atoms with Gasteiger partial charge in [-0.05, 0) is 25.3 Å². The molecule has 1 saturated heterocycles. The molecule has 1 rings (SSSR count). The molecule has 15 heavy (non-hydrogen) atoms. The highest BCUT2D eigenvalue weighted by atomic mass is 16.2. The van der Waals surface area contributed by atoms with Gasteiger partial charge in [-0.1, -0.05) is 20.3 Å². The lowest BCUT2D eigenvalue weighted by molar-refractivity contribution is -0.123. The second kappa shape index (κ2) is 6.08. The first-order chi connectivity index (χ1) is 7.15. The Morgan fingerprint density at radius 3 is 3.00 bits per heavy atom. The molecule has 0 spiro atoms. The van der Waals surface area contributed by atoms with Gasteiger partial charge in [0.15, 0.2) is 0 Å². The van der Waals surface area contributed by atoms with E-state index in [0.717, 1.165) is 32.4 Å². The van der Waals surface area contributed by atoms with Crippen LogP contribution >= 0.6 is 0 Å². The Labute approximate surface area is 92.0 Å². The summed E-state index contributed by atoms with van der Waals surface area (Å²) >= 11 is 0. The fourth-order valence-electron chi connectivity index (χ4n) is 1.91. The number of piperidine rings is 1. The van der Waals surface area contributed by atoms with E-state index in [0.29, 0.717) is 5.92 Å². The van der Waals surface area contributed by atoms with Crippen LogP contribution in [-0.4, -0.2) is 31.1 Å². The molecule has 0 aromatic carbocycles. The minimum absolute atomic E-state index is 0.00241. The highest BCUT2D eigenvalue weighted by Gasteiger charge is 2.24. The maximum Gasteiger partial charge on any atom is 0.237 e. The van der Waals surface area contributed by atoms with Gasteiger partial charge < -0.3 is 16.4 Å². The molecule has 1 fully saturated rings. The maximum atomic E-state index is 11.7. The van der Waals surface area contributed by atoms with Gasteiger partial charge in [-0.15, -0.1) is 0 Å². The van der Waals surface area contributed by atoms with Gasteiger partial charge in [0.2, 0.25) is 5.91 Å². The summed E-state index contributed by atoms with van der Waals surface area (Å²) in [5.74, 6) is 0.543. The summed E-state index contributed by atoms with van der Waals surface area (Å²) in [6.07, 6.45) is 2.83. The molecule has 1 heterocycles. The smallest absolute Gasteiger partial charge is 0.237 e. The quantitative estimate of drug-likeness (QED) is 0.626. The molecule has 4 nitrogen and oxygen atoms in total. The van der Waals surface area contributed by atoms with Crippen LogP contribution in [0.15, 0.2) is 0 Å². The molecule has 88 valence electrons. The fraction of sp³-hybridized carbons (Fsp3) is 0.909. The van der Waals surface area contributed by atoms with Crippen LogP contribution in [0.1, 0.15) is 33.1 Å². The van der Waals surface area contributed by atoms with E-state index in [-0.39, 0.29) is 18.0 Å². The summed E-state index contributed by atoms with van der Waals surface area (Å²) in [7, 11) is 0. The van der Waals surface area contributed by atoms with Gasteiger partial charge in [0.1, 0.15) is 0 Å². The number of nitrogens with two attached hydrogens (primary N) is 1. The zero-order chi connectivity index (χ0) is 11.3. The topological polar surface area (TPSA) is 67.2 Å². The van der Waals surface area contributed by atoms with Crippen molar-refractivity contribution in [3.05, 3.63) is 0 Å². The van der Waals surface area contributed by atoms with Crippen molar-refractivity contribution in [2.45, 2.75) is 45.2 Å². The highest BCUT2D eigenvalue weighted by molar-refractivity contribution is 5.81. The third kappa shape index (κ3) is 3.80. The summed E-state index contributed by atoms with van der Waals surface area (Å²) in [6, 6.07) is -0.0988. The van der Waals surface area contributed by atoms with Crippen LogP contribution in [-0.2, 0) is 4.79 Å². The Kier molecular flexibility index (Phi) is 5.05. The molecule has 4 heteroatoms. The number of carbonyl (C=O) groups excluding carboxylic acids is 1. The Morgan fingerprint density at radius 2 is 2.40 bits per heavy atom. The average molecular weight is 213 g/mol. The maximum absolute atomic E-state index is 11.7. The number of hydrogen-bond acceptors (Lipinski definition) is 3. The van der Waals surface area contributed by atoms with Crippen molar-refractivity contribution in [2.75, 3.05) is 13.1 Å². The summed E-state index contributed by atoms with van der Waals surface area (Å²) in [5, 5.41) is 6.31. The molecule has 3 unspecified atom stereocenters. The van der Waals surface area contributed by atoms with Gasteiger partial charge in [-0.3, -0.25) is 4.79 Å². The van der Waals surface area contributed by atoms with Crippen LogP contribution in [0.3, 0.4) is 0 Å². The molecule has 0 saturated carbocycles. The molecular formula is C11H23N3O. The summed E-state index contributed by atoms with van der Waals surface area (Å²) in [4.78, 5) is 11.7. The van der Waals surface area contributed by atoms with Crippen LogP contribution < -0.4 is 16.4 Å². The van der Waals surface area contributed by atoms with Crippen LogP contribution in [0.4, 0.5) is 0 Å². The van der Waals surface area contributed by atoms with E-state index in [2.05, 4.69) is 17.6 Å². The van der Waals surface area contributed by atoms with Crippen LogP contribution in [0.25, 0.3) is 0 Å². The molecule has 1 amide bonds. The van der Waals surface area contributed by atoms with Crippen LogP contribution in [0.5, 0.6) is 0 Å². The van der Waals surface area contributed by atoms with Crippen molar-refractivity contribution in [3.63, 3.8) is 0 Å². The van der Waals surface area contributed by atoms with Crippen molar-refractivity contribution in [1.82, 2.24) is 10.6 Å². The van der Waals surface area contributed by atoms with E-state index in [9.17, 15) is 4.79 Å². The first kappa shape index (κ1) is 12.5. The van der Waals surface area contributed by atoms with E-state index in [1.807, 2.05) is 6.92 Å². The average Bonchev–Trinajstić information content (AvgIpc) is 2.21. The number of carbonyl (C=O) groups is 1. The van der Waals surface area contributed by atoms with Gasteiger partial charge in [0.25, 0.3) is 0 Å². The predicted molar refractivity (Wildman–Crippen MR) is 61.5 cm³/mol. The van der Waals surface area contributed by atoms with E-state index in [1.54, 1.807) is 0 Å². The molecule has 1 aliphatic heterocycles. The zero-order valence-electron chi connectivity index (χ0n) is 9.75. The molecule has 0 bridgehead atoms. The molecular weight excluding hydrogens is 190 g/mol. The number of nitrogens with one attached hydrogen (secondary N) is 2. The number of hydrogen-bond donors (Lipinski definition) is 3. The van der Waals surface area contributed by atoms with Gasteiger partial charge >= 0.3 is 0 Å². The van der Waals surface area contributed by atoms with Gasteiger partial charge in [0, 0.05) is 12.6 Å². The standard InChI is InChI=1S/C11H23N3O/c1-3-4-9(12)11(15)14-10-7-13-6-5-8(10)2/h8-10,13H,3-7,12H2,1-2H3,(H,14,15). The second-order valence-electron chi connectivity index (χ2n) is 4.48. The minimum atomic E-state index is -0.343. The lowest BCUT2D eigenvalue weighted by atomic mass is 9.94. The zero-order valence-corrected chi connectivity index (χ0v) is 9.75. The van der Waals surface area contributed by atoms with Gasteiger partial charge in [-0.25, -0.2) is 0 Å². The molecule has 0 aromatic rings. The molecule has 0 aromatic heterocycles. The number of rotatable bonds is 4. The summed E-state index contributed by atoms with van der Waals surface area (Å²) in [5.41, 5.74) is 5.76. The highest BCUT2D eigenvalue weighted by Crippen LogP contribution is 2.11. The lowest BCUT2D eigenvalue weighted by Crippen LogP contribution is -2.53. The van der Waals surface area contributed by atoms with Gasteiger partial charge in [0.05, 0.1) is 6.04 Å². The van der Waals surface area contributed by atoms with Gasteiger partial charge in [-0.2, -0.15) is 0 Å². The molecule has 0 aliphatic carbocycles. The third-order valence-electron chi connectivity index (χ3n) is 3.09. The van der Waals surface area contributed by atoms with E-state index >= 15 is 0 Å². The Balaban J connectivity index is 2.35. The van der Waals surface area contributed by atoms with Crippen LogP contribution in [0, 0.1) is 5.92 Å². The molecule has 0 radical (unpaired) electrons. The Hall–Kier alpha value is -0.610. The molecule has 1 aliphatic rings. The molecule has 4 N–H and O–H groups in total.